The fourth-order valence-corrected chi connectivity index (χ4v) is 5.41. The molecule has 1 aliphatic rings. The van der Waals surface area contributed by atoms with Gasteiger partial charge >= 0.3 is 17.8 Å². The third-order valence-corrected chi connectivity index (χ3v) is 7.34. The van der Waals surface area contributed by atoms with E-state index in [1.54, 1.807) is 49.4 Å². The van der Waals surface area contributed by atoms with Crippen LogP contribution < -0.4 is 25.0 Å². The molecule has 0 atom stereocenters. The number of aryl methyl sites for hydroxylation is 1. The van der Waals surface area contributed by atoms with Crippen molar-refractivity contribution in [2.45, 2.75) is 46.0 Å². The van der Waals surface area contributed by atoms with E-state index in [1.165, 1.54) is 17.6 Å². The molecule has 2 aromatic carbocycles. The molecule has 0 radical (unpaired) electrons. The van der Waals surface area contributed by atoms with Crippen LogP contribution in [-0.4, -0.2) is 37.2 Å². The van der Waals surface area contributed by atoms with Crippen molar-refractivity contribution in [3.63, 3.8) is 0 Å². The van der Waals surface area contributed by atoms with Crippen molar-refractivity contribution >= 4 is 40.3 Å². The molecule has 0 spiro atoms. The summed E-state index contributed by atoms with van der Waals surface area (Å²) in [4.78, 5) is 38.5. The predicted octanol–water partition coefficient (Wildman–Crippen LogP) is 4.99. The molecule has 41 heavy (non-hydrogen) atoms. The lowest BCUT2D eigenvalue weighted by molar-refractivity contribution is -0.136. The Morgan fingerprint density at radius 3 is 2.54 bits per heavy atom. The van der Waals surface area contributed by atoms with Crippen molar-refractivity contribution in [2.75, 3.05) is 18.5 Å². The van der Waals surface area contributed by atoms with E-state index < -0.39 is 17.8 Å². The number of nitrogens with one attached hydrogen (secondary N) is 2. The summed E-state index contributed by atoms with van der Waals surface area (Å²) in [6, 6.07) is 13.6. The number of esters is 1. The Labute approximate surface area is 241 Å². The lowest BCUT2D eigenvalue weighted by Gasteiger charge is -2.12. The van der Waals surface area contributed by atoms with Gasteiger partial charge in [0.2, 0.25) is 0 Å². The van der Waals surface area contributed by atoms with Gasteiger partial charge in [0.15, 0.2) is 11.5 Å². The van der Waals surface area contributed by atoms with Gasteiger partial charge in [-0.15, -0.1) is 11.3 Å². The number of rotatable bonds is 10. The molecule has 4 rings (SSSR count). The molecule has 1 aromatic heterocycles. The van der Waals surface area contributed by atoms with E-state index in [1.807, 2.05) is 6.92 Å². The van der Waals surface area contributed by atoms with Gasteiger partial charge in [0.25, 0.3) is 0 Å². The molecule has 0 aliphatic heterocycles. The third kappa shape index (κ3) is 7.49. The zero-order chi connectivity index (χ0) is 29.2. The van der Waals surface area contributed by atoms with E-state index in [9.17, 15) is 19.6 Å². The van der Waals surface area contributed by atoms with Crippen LogP contribution in [0.15, 0.2) is 47.6 Å². The van der Waals surface area contributed by atoms with Crippen LogP contribution in [0.25, 0.3) is 0 Å². The van der Waals surface area contributed by atoms with Gasteiger partial charge < -0.3 is 19.5 Å². The molecule has 2 N–H and O–H groups in total. The second kappa shape index (κ2) is 14.1. The van der Waals surface area contributed by atoms with Crippen molar-refractivity contribution in [3.8, 4) is 23.3 Å². The van der Waals surface area contributed by atoms with Crippen molar-refractivity contribution < 1.29 is 28.6 Å². The largest absolute Gasteiger partial charge is 0.494 e. The summed E-state index contributed by atoms with van der Waals surface area (Å²) in [5.41, 5.74) is 4.47. The van der Waals surface area contributed by atoms with Crippen molar-refractivity contribution in [2.24, 2.45) is 5.10 Å². The maximum atomic E-state index is 12.7. The van der Waals surface area contributed by atoms with E-state index in [2.05, 4.69) is 21.9 Å². The van der Waals surface area contributed by atoms with Crippen LogP contribution in [0.3, 0.4) is 0 Å². The first-order valence-corrected chi connectivity index (χ1v) is 14.2. The number of hydrazone groups is 1. The highest BCUT2D eigenvalue weighted by molar-refractivity contribution is 7.16. The molecule has 212 valence electrons. The second-order valence-electron chi connectivity index (χ2n) is 9.08. The third-order valence-electron chi connectivity index (χ3n) is 6.13. The molecule has 1 aliphatic carbocycles. The number of thiophene rings is 1. The Balaban J connectivity index is 1.36. The van der Waals surface area contributed by atoms with E-state index in [-0.39, 0.29) is 5.75 Å². The maximum Gasteiger partial charge on any atom is 0.343 e. The van der Waals surface area contributed by atoms with Crippen LogP contribution in [-0.2, 0) is 22.4 Å². The van der Waals surface area contributed by atoms with Crippen LogP contribution in [0.2, 0.25) is 0 Å². The second-order valence-corrected chi connectivity index (χ2v) is 10.2. The fraction of sp³-hybridized carbons (Fsp3) is 0.300. The molecule has 0 unspecified atom stereocenters. The summed E-state index contributed by atoms with van der Waals surface area (Å²) < 4.78 is 16.7. The number of nitrogens with zero attached hydrogens (tertiary/aromatic N) is 2. The Bertz CT molecular complexity index is 1490. The first kappa shape index (κ1) is 29.3. The van der Waals surface area contributed by atoms with Crippen molar-refractivity contribution in [1.82, 2.24) is 5.43 Å². The number of hydrogen-bond acceptors (Lipinski definition) is 9. The van der Waals surface area contributed by atoms with E-state index in [0.29, 0.717) is 46.4 Å². The average Bonchev–Trinajstić information content (AvgIpc) is 3.34. The fourth-order valence-electron chi connectivity index (χ4n) is 4.17. The smallest absolute Gasteiger partial charge is 0.343 e. The molecule has 3 aromatic rings. The summed E-state index contributed by atoms with van der Waals surface area (Å²) in [5, 5.41) is 16.3. The molecule has 0 saturated heterocycles. The molecule has 0 saturated carbocycles. The topological polar surface area (TPSA) is 139 Å². The van der Waals surface area contributed by atoms with Gasteiger partial charge in [-0.25, -0.2) is 10.2 Å². The SMILES string of the molecule is CCCOc1ccc(C(=O)Oc2ccc(/C=N/NC(=O)C(=O)Nc3sc4c(c3C#N)CCCC4)cc2OCC)cc1. The number of ether oxygens (including phenoxy) is 3. The number of carbonyl (C=O) groups is 3. The number of amides is 2. The number of hydrogen-bond donors (Lipinski definition) is 2. The summed E-state index contributed by atoms with van der Waals surface area (Å²) in [6.07, 6.45) is 5.91. The van der Waals surface area contributed by atoms with E-state index >= 15 is 0 Å². The van der Waals surface area contributed by atoms with Crippen LogP contribution >= 0.6 is 11.3 Å². The molecule has 10 nitrogen and oxygen atoms in total. The number of anilines is 1. The van der Waals surface area contributed by atoms with Gasteiger partial charge in [-0.2, -0.15) is 10.4 Å². The van der Waals surface area contributed by atoms with Crippen LogP contribution in [0.4, 0.5) is 5.00 Å². The van der Waals surface area contributed by atoms with E-state index in [0.717, 1.165) is 42.5 Å². The average molecular weight is 575 g/mol. The van der Waals surface area contributed by atoms with Gasteiger partial charge in [0, 0.05) is 4.88 Å². The lowest BCUT2D eigenvalue weighted by Crippen LogP contribution is -2.32. The molecular formula is C30H30N4O6S. The molecular weight excluding hydrogens is 544 g/mol. The van der Waals surface area contributed by atoms with Gasteiger partial charge in [-0.05, 0) is 92.6 Å². The van der Waals surface area contributed by atoms with Gasteiger partial charge in [0.05, 0.1) is 30.6 Å². The Morgan fingerprint density at radius 2 is 1.80 bits per heavy atom. The van der Waals surface area contributed by atoms with Gasteiger partial charge in [0.1, 0.15) is 16.8 Å². The minimum Gasteiger partial charge on any atom is -0.494 e. The molecule has 0 fully saturated rings. The normalized spacial score (nSPS) is 12.2. The molecule has 1 heterocycles. The van der Waals surface area contributed by atoms with Gasteiger partial charge in [-0.1, -0.05) is 6.92 Å². The van der Waals surface area contributed by atoms with Crippen molar-refractivity contribution in [1.29, 1.82) is 5.26 Å². The predicted molar refractivity (Wildman–Crippen MR) is 155 cm³/mol. The number of carbonyl (C=O) groups excluding carboxylic acids is 3. The van der Waals surface area contributed by atoms with Crippen molar-refractivity contribution in [3.05, 3.63) is 69.6 Å². The monoisotopic (exact) mass is 574 g/mol. The summed E-state index contributed by atoms with van der Waals surface area (Å²) >= 11 is 1.34. The zero-order valence-electron chi connectivity index (χ0n) is 22.8. The maximum absolute atomic E-state index is 12.7. The Morgan fingerprint density at radius 1 is 1.02 bits per heavy atom. The number of benzene rings is 2. The van der Waals surface area contributed by atoms with Gasteiger partial charge in [-0.3, -0.25) is 9.59 Å². The van der Waals surface area contributed by atoms with Crippen LogP contribution in [0.5, 0.6) is 17.2 Å². The molecule has 2 amide bonds. The minimum absolute atomic E-state index is 0.218. The summed E-state index contributed by atoms with van der Waals surface area (Å²) in [6.45, 7) is 4.72. The quantitative estimate of drug-likeness (QED) is 0.114. The first-order valence-electron chi connectivity index (χ1n) is 13.3. The summed E-state index contributed by atoms with van der Waals surface area (Å²) in [7, 11) is 0. The molecule has 11 heteroatoms. The van der Waals surface area contributed by atoms with Crippen LogP contribution in [0.1, 0.15) is 65.0 Å². The number of fused-ring (bicyclic) bond motifs is 1. The summed E-state index contributed by atoms with van der Waals surface area (Å²) in [5.74, 6) is -1.25. The Kier molecular flexibility index (Phi) is 10.1. The highest BCUT2D eigenvalue weighted by atomic mass is 32.1. The standard InChI is InChI=1S/C30H30N4O6S/c1-3-15-39-21-12-10-20(11-13-21)30(37)40-24-14-9-19(16-25(24)38-4-2)18-32-34-28(36)27(35)33-29-23(17-31)22-7-5-6-8-26(22)41-29/h9-14,16,18H,3-8,15H2,1-2H3,(H,33,35)(H,34,36)/b32-18+. The highest BCUT2D eigenvalue weighted by Crippen LogP contribution is 2.37. The lowest BCUT2D eigenvalue weighted by atomic mass is 9.96. The van der Waals surface area contributed by atoms with E-state index in [4.69, 9.17) is 14.2 Å². The Hall–Kier alpha value is -4.69. The first-order chi connectivity index (χ1) is 19.9. The molecule has 0 bridgehead atoms. The zero-order valence-corrected chi connectivity index (χ0v) is 23.6. The van der Waals surface area contributed by atoms with Crippen LogP contribution in [0, 0.1) is 11.3 Å². The minimum atomic E-state index is -0.974. The number of nitriles is 1. The highest BCUT2D eigenvalue weighted by Gasteiger charge is 2.23.